The Morgan fingerprint density at radius 2 is 1.63 bits per heavy atom. The van der Waals surface area contributed by atoms with Crippen LogP contribution in [0.1, 0.15) is 22.4 Å². The third-order valence-electron chi connectivity index (χ3n) is 6.66. The molecule has 5 rings (SSSR count). The van der Waals surface area contributed by atoms with Crippen LogP contribution in [0.25, 0.3) is 11.6 Å². The van der Waals surface area contributed by atoms with Crippen LogP contribution in [-0.4, -0.2) is 52.3 Å². The zero-order valence-corrected chi connectivity index (χ0v) is 27.3. The first kappa shape index (κ1) is 33.4. The summed E-state index contributed by atoms with van der Waals surface area (Å²) < 4.78 is 100. The molecule has 4 heterocycles. The van der Waals surface area contributed by atoms with Gasteiger partial charge in [-0.05, 0) is 85.1 Å². The van der Waals surface area contributed by atoms with Gasteiger partial charge in [-0.1, -0.05) is 17.7 Å². The Kier molecular flexibility index (Phi) is 8.96. The molecule has 0 fully saturated rings. The molecule has 0 spiro atoms. The summed E-state index contributed by atoms with van der Waals surface area (Å²) in [6.07, 6.45) is -1.55. The summed E-state index contributed by atoms with van der Waals surface area (Å²) in [4.78, 5) is 11.8. The number of halogens is 5. The molecule has 0 aliphatic carbocycles. The van der Waals surface area contributed by atoms with Crippen LogP contribution in [0, 0.1) is 13.8 Å². The Morgan fingerprint density at radius 1 is 0.935 bits per heavy atom. The third-order valence-corrected chi connectivity index (χ3v) is 10.3. The molecule has 0 aliphatic rings. The number of benzene rings is 1. The highest BCUT2D eigenvalue weighted by Crippen LogP contribution is 2.33. The number of pyridine rings is 1. The minimum atomic E-state index is -4.70. The van der Waals surface area contributed by atoms with E-state index in [0.717, 1.165) is 20.0 Å². The van der Waals surface area contributed by atoms with Gasteiger partial charge in [0, 0.05) is 37.0 Å². The lowest BCUT2D eigenvalue weighted by Gasteiger charge is -2.21. The van der Waals surface area contributed by atoms with Gasteiger partial charge in [-0.15, -0.1) is 0 Å². The second kappa shape index (κ2) is 12.3. The number of alkyl halides is 3. The van der Waals surface area contributed by atoms with E-state index >= 15 is 0 Å². The topological polar surface area (TPSA) is 132 Å². The molecule has 11 nitrogen and oxygen atoms in total. The average molecular weight is 715 g/mol. The molecule has 0 atom stereocenters. The summed E-state index contributed by atoms with van der Waals surface area (Å²) >= 11 is 12.1. The van der Waals surface area contributed by atoms with Crippen LogP contribution >= 0.6 is 23.2 Å². The molecule has 0 radical (unpaired) electrons. The van der Waals surface area contributed by atoms with Crippen LogP contribution in [0.2, 0.25) is 10.3 Å². The van der Waals surface area contributed by atoms with E-state index in [1.165, 1.54) is 54.3 Å². The van der Waals surface area contributed by atoms with Gasteiger partial charge in [-0.2, -0.15) is 30.9 Å². The maximum atomic E-state index is 13.8. The number of hydrogen-bond acceptors (Lipinski definition) is 7. The van der Waals surface area contributed by atoms with E-state index in [1.54, 1.807) is 12.1 Å². The van der Waals surface area contributed by atoms with E-state index in [-0.39, 0.29) is 39.2 Å². The number of rotatable bonds is 9. The Morgan fingerprint density at radius 3 is 2.26 bits per heavy atom. The molecule has 0 saturated heterocycles. The molecule has 18 heteroatoms. The van der Waals surface area contributed by atoms with E-state index in [0.29, 0.717) is 18.0 Å². The van der Waals surface area contributed by atoms with Gasteiger partial charge in [0.05, 0.1) is 17.1 Å². The van der Waals surface area contributed by atoms with Gasteiger partial charge in [-0.25, -0.2) is 18.4 Å². The molecule has 46 heavy (non-hydrogen) atoms. The van der Waals surface area contributed by atoms with Crippen molar-refractivity contribution in [3.63, 3.8) is 0 Å². The zero-order chi connectivity index (χ0) is 33.6. The molecule has 0 bridgehead atoms. The van der Waals surface area contributed by atoms with E-state index in [2.05, 4.69) is 19.7 Å². The van der Waals surface area contributed by atoms with Crippen molar-refractivity contribution < 1.29 is 30.0 Å². The number of nitrogens with one attached hydrogen (secondary N) is 1. The van der Waals surface area contributed by atoms with Gasteiger partial charge < -0.3 is 0 Å². The Labute approximate surface area is 272 Å². The van der Waals surface area contributed by atoms with E-state index < -0.39 is 36.8 Å². The second-order valence-electron chi connectivity index (χ2n) is 10.2. The zero-order valence-electron chi connectivity index (χ0n) is 24.2. The number of nitrogens with zero attached hydrogens (tertiary/aromatic N) is 6. The van der Waals surface area contributed by atoms with E-state index in [1.807, 2.05) is 19.9 Å². The van der Waals surface area contributed by atoms with Crippen molar-refractivity contribution in [1.82, 2.24) is 28.4 Å². The predicted octanol–water partition coefficient (Wildman–Crippen LogP) is 6.02. The summed E-state index contributed by atoms with van der Waals surface area (Å²) in [5, 5.41) is -1.21. The fourth-order valence-electron chi connectivity index (χ4n) is 4.73. The monoisotopic (exact) mass is 713 g/mol. The number of hydrogen-bond donors (Lipinski definition) is 1. The fourth-order valence-corrected chi connectivity index (χ4v) is 7.63. The van der Waals surface area contributed by atoms with Crippen molar-refractivity contribution in [3.8, 4) is 11.6 Å². The highest BCUT2D eigenvalue weighted by Gasteiger charge is 2.33. The molecule has 4 aromatic heterocycles. The number of anilines is 1. The molecule has 0 saturated carbocycles. The second-order valence-corrected chi connectivity index (χ2v) is 14.5. The summed E-state index contributed by atoms with van der Waals surface area (Å²) in [6, 6.07) is 12.6. The normalized spacial score (nSPS) is 12.5. The minimum Gasteiger partial charge on any atom is -0.289 e. The van der Waals surface area contributed by atoms with Gasteiger partial charge >= 0.3 is 6.18 Å². The molecule has 242 valence electrons. The molecule has 5 aromatic rings. The first-order chi connectivity index (χ1) is 21.5. The van der Waals surface area contributed by atoms with Gasteiger partial charge in [0.25, 0.3) is 20.0 Å². The molecule has 0 amide bonds. The lowest BCUT2D eigenvalue weighted by Crippen LogP contribution is -2.29. The van der Waals surface area contributed by atoms with Crippen molar-refractivity contribution in [2.45, 2.75) is 36.6 Å². The Balaban J connectivity index is 1.53. The molecule has 1 N–H and O–H groups in total. The standard InChI is InChI=1S/C28H24Cl2F3N7O4S2/c1-17-11-18(2)13-20(12-17)37-45(41,42)25-7-6-21(40(25)23-8-9-34-27(30)36-23)16-38(3)46(43,44)24-5-4-10-39(24)26-22(29)14-19(15-35-26)28(31,32)33/h4-15,37H,16H2,1-3H3. The van der Waals surface area contributed by atoms with Gasteiger partial charge in [0.2, 0.25) is 5.28 Å². The smallest absolute Gasteiger partial charge is 0.289 e. The highest BCUT2D eigenvalue weighted by atomic mass is 35.5. The van der Waals surface area contributed by atoms with Gasteiger partial charge in [0.1, 0.15) is 5.82 Å². The molecular weight excluding hydrogens is 690 g/mol. The summed E-state index contributed by atoms with van der Waals surface area (Å²) in [5.41, 5.74) is 1.08. The van der Waals surface area contributed by atoms with Crippen LogP contribution in [-0.2, 0) is 32.8 Å². The maximum Gasteiger partial charge on any atom is 0.417 e. The summed E-state index contributed by atoms with van der Waals surface area (Å²) in [6.45, 7) is 3.27. The van der Waals surface area contributed by atoms with Crippen molar-refractivity contribution in [1.29, 1.82) is 0 Å². The fraction of sp³-hybridized carbons (Fsp3) is 0.179. The minimum absolute atomic E-state index is 0.0516. The van der Waals surface area contributed by atoms with Crippen LogP contribution < -0.4 is 4.72 Å². The first-order valence-corrected chi connectivity index (χ1v) is 16.8. The molecule has 0 aliphatic heterocycles. The number of aromatic nitrogens is 5. The Hall–Kier alpha value is -3.96. The Bertz CT molecular complexity index is 2150. The quantitative estimate of drug-likeness (QED) is 0.185. The third kappa shape index (κ3) is 6.76. The van der Waals surface area contributed by atoms with Crippen molar-refractivity contribution in [2.24, 2.45) is 0 Å². The van der Waals surface area contributed by atoms with Gasteiger partial charge in [-0.3, -0.25) is 13.9 Å². The molecule has 0 unspecified atom stereocenters. The summed E-state index contributed by atoms with van der Waals surface area (Å²) in [7, 11) is -7.39. The van der Waals surface area contributed by atoms with Crippen LogP contribution in [0.4, 0.5) is 18.9 Å². The van der Waals surface area contributed by atoms with Crippen molar-refractivity contribution in [2.75, 3.05) is 11.8 Å². The van der Waals surface area contributed by atoms with E-state index in [4.69, 9.17) is 23.2 Å². The van der Waals surface area contributed by atoms with Crippen molar-refractivity contribution in [3.05, 3.63) is 106 Å². The van der Waals surface area contributed by atoms with Crippen LogP contribution in [0.15, 0.2) is 83.2 Å². The van der Waals surface area contributed by atoms with Crippen molar-refractivity contribution >= 4 is 48.9 Å². The lowest BCUT2D eigenvalue weighted by molar-refractivity contribution is -0.137. The molecular formula is C28H24Cl2F3N7O4S2. The van der Waals surface area contributed by atoms with E-state index in [9.17, 15) is 30.0 Å². The maximum absolute atomic E-state index is 13.8. The van der Waals surface area contributed by atoms with Gasteiger partial charge in [0.15, 0.2) is 15.9 Å². The highest BCUT2D eigenvalue weighted by molar-refractivity contribution is 7.92. The van der Waals surface area contributed by atoms with Crippen LogP contribution in [0.5, 0.6) is 0 Å². The molecule has 1 aromatic carbocycles. The average Bonchev–Trinajstić information content (AvgIpc) is 3.60. The number of sulfonamides is 2. The largest absolute Gasteiger partial charge is 0.417 e. The number of aryl methyl sites for hydroxylation is 2. The lowest BCUT2D eigenvalue weighted by atomic mass is 10.1. The first-order valence-electron chi connectivity index (χ1n) is 13.1. The van der Waals surface area contributed by atoms with Crippen LogP contribution in [0.3, 0.4) is 0 Å². The summed E-state index contributed by atoms with van der Waals surface area (Å²) in [5.74, 6) is -0.188. The SMILES string of the molecule is Cc1cc(C)cc(NS(=O)(=O)c2ccc(CN(C)S(=O)(=O)c3cccn3-c3ncc(C(F)(F)F)cc3Cl)n2-c2ccnc(Cl)n2)c1. The predicted molar refractivity (Wildman–Crippen MR) is 165 cm³/mol.